The van der Waals surface area contributed by atoms with Gasteiger partial charge in [0.15, 0.2) is 5.13 Å². The topological polar surface area (TPSA) is 82.6 Å². The first-order chi connectivity index (χ1) is 14.9. The van der Waals surface area contributed by atoms with Crippen molar-refractivity contribution >= 4 is 55.4 Å². The maximum absolute atomic E-state index is 13.2. The van der Waals surface area contributed by atoms with Gasteiger partial charge in [0, 0.05) is 42.5 Å². The van der Waals surface area contributed by atoms with Crippen molar-refractivity contribution < 1.29 is 14.6 Å². The van der Waals surface area contributed by atoms with Crippen LogP contribution < -0.4 is 14.5 Å². The Morgan fingerprint density at radius 3 is 2.71 bits per heavy atom. The Balaban J connectivity index is 0.00000245. The van der Waals surface area contributed by atoms with E-state index in [4.69, 9.17) is 11.6 Å². The lowest BCUT2D eigenvalue weighted by Crippen LogP contribution is -2.41. The van der Waals surface area contributed by atoms with Gasteiger partial charge in [0.1, 0.15) is 6.04 Å². The number of carbonyl (C=O) groups is 1. The van der Waals surface area contributed by atoms with Crippen LogP contribution in [0.4, 0.5) is 16.5 Å². The van der Waals surface area contributed by atoms with Crippen LogP contribution in [0, 0.1) is 0 Å². The Morgan fingerprint density at radius 2 is 1.97 bits per heavy atom. The lowest BCUT2D eigenvalue weighted by atomic mass is 10.1. The van der Waals surface area contributed by atoms with E-state index in [1.54, 1.807) is 22.4 Å². The molecule has 162 valence electrons. The molecule has 1 amide bonds. The number of benzene rings is 2. The number of nitrogens with one attached hydrogen (secondary N) is 1. The highest BCUT2D eigenvalue weighted by Crippen LogP contribution is 2.35. The fourth-order valence-electron chi connectivity index (χ4n) is 4.18. The molecular formula is C21H21ClN4O3S2. The van der Waals surface area contributed by atoms with Crippen LogP contribution in [0.1, 0.15) is 13.4 Å². The maximum Gasteiger partial charge on any atom is 0.263 e. The number of anilines is 3. The van der Waals surface area contributed by atoms with Gasteiger partial charge >= 0.3 is 0 Å². The van der Waals surface area contributed by atoms with Crippen molar-refractivity contribution in [3.63, 3.8) is 0 Å². The summed E-state index contributed by atoms with van der Waals surface area (Å²) in [6.07, 6.45) is 3.12. The van der Waals surface area contributed by atoms with E-state index in [2.05, 4.69) is 14.6 Å². The summed E-state index contributed by atoms with van der Waals surface area (Å²) in [5.41, 5.74) is 2.93. The van der Waals surface area contributed by atoms with Gasteiger partial charge in [0.2, 0.25) is 5.91 Å². The van der Waals surface area contributed by atoms with E-state index >= 15 is 0 Å². The molecular weight excluding hydrogens is 456 g/mol. The first-order valence-electron chi connectivity index (χ1n) is 9.81. The third-order valence-electron chi connectivity index (χ3n) is 5.64. The lowest BCUT2D eigenvalue weighted by molar-refractivity contribution is -0.118. The summed E-state index contributed by atoms with van der Waals surface area (Å²) < 4.78 is 27.5. The Bertz CT molecular complexity index is 1240. The van der Waals surface area contributed by atoms with Gasteiger partial charge < -0.3 is 9.80 Å². The number of rotatable bonds is 5. The van der Waals surface area contributed by atoms with Crippen LogP contribution in [0.15, 0.2) is 58.9 Å². The zero-order valence-electron chi connectivity index (χ0n) is 16.4. The second kappa shape index (κ2) is 7.81. The number of halogens is 1. The van der Waals surface area contributed by atoms with Gasteiger partial charge in [-0.15, -0.1) is 11.3 Å². The maximum atomic E-state index is 13.2. The highest BCUT2D eigenvalue weighted by molar-refractivity contribution is 7.93. The molecule has 0 aliphatic carbocycles. The molecule has 2 aliphatic rings. The van der Waals surface area contributed by atoms with Crippen molar-refractivity contribution in [2.24, 2.45) is 0 Å². The van der Waals surface area contributed by atoms with Gasteiger partial charge in [-0.2, -0.15) is 0 Å². The summed E-state index contributed by atoms with van der Waals surface area (Å²) >= 11 is 7.31. The van der Waals surface area contributed by atoms with Crippen LogP contribution in [0.3, 0.4) is 0 Å². The number of aromatic nitrogens is 1. The quantitative estimate of drug-likeness (QED) is 0.601. The highest BCUT2D eigenvalue weighted by Gasteiger charge is 2.39. The van der Waals surface area contributed by atoms with Crippen LogP contribution in [-0.4, -0.2) is 38.4 Å². The predicted octanol–water partition coefficient (Wildman–Crippen LogP) is 4.01. The van der Waals surface area contributed by atoms with E-state index in [1.807, 2.05) is 18.2 Å². The number of hydrogen-bond donors (Lipinski definition) is 1. The zero-order chi connectivity index (χ0) is 21.6. The van der Waals surface area contributed by atoms with E-state index in [1.165, 1.54) is 35.2 Å². The smallest absolute Gasteiger partial charge is 0.263 e. The summed E-state index contributed by atoms with van der Waals surface area (Å²) in [4.78, 5) is 21.1. The molecule has 0 unspecified atom stereocenters. The SMILES string of the molecule is O=C1[C@@H](N2CCc3cc(Cl)ccc32)CCN1c1ccc(S(=O)(=O)Nc2nccs2)cc1.[HH]. The summed E-state index contributed by atoms with van der Waals surface area (Å²) in [6.45, 7) is 1.38. The molecule has 5 rings (SSSR count). The summed E-state index contributed by atoms with van der Waals surface area (Å²) in [6, 6.07) is 12.0. The fraction of sp³-hybridized carbons (Fsp3) is 0.238. The van der Waals surface area contributed by atoms with E-state index < -0.39 is 10.0 Å². The number of fused-ring (bicyclic) bond motifs is 1. The van der Waals surface area contributed by atoms with Gasteiger partial charge in [-0.3, -0.25) is 9.52 Å². The standard InChI is InChI=1S/C21H19ClN4O3S2.H2/c22-15-1-6-18-14(13-15)7-10-26(18)19-8-11-25(20(19)27)16-2-4-17(5-3-16)31(28,29)24-21-23-9-12-30-21;/h1-6,9,12-13,19H,7-8,10-11H2,(H,23,24);1H/t19-;/m0./s1. The number of carbonyl (C=O) groups excluding carboxylic acids is 1. The molecule has 2 aromatic carbocycles. The van der Waals surface area contributed by atoms with E-state index in [-0.39, 0.29) is 18.3 Å². The summed E-state index contributed by atoms with van der Waals surface area (Å²) in [7, 11) is -3.72. The molecule has 0 spiro atoms. The molecule has 0 saturated carbocycles. The Hall–Kier alpha value is -2.62. The van der Waals surface area contributed by atoms with Crippen LogP contribution in [-0.2, 0) is 21.2 Å². The average molecular weight is 477 g/mol. The largest absolute Gasteiger partial charge is 0.359 e. The highest BCUT2D eigenvalue weighted by atomic mass is 35.5. The van der Waals surface area contributed by atoms with Crippen molar-refractivity contribution in [3.05, 3.63) is 64.6 Å². The average Bonchev–Trinajstić information content (AvgIpc) is 3.48. The molecule has 10 heteroatoms. The molecule has 31 heavy (non-hydrogen) atoms. The van der Waals surface area contributed by atoms with Crippen LogP contribution in [0.25, 0.3) is 0 Å². The van der Waals surface area contributed by atoms with Gasteiger partial charge in [-0.25, -0.2) is 13.4 Å². The van der Waals surface area contributed by atoms with Gasteiger partial charge in [0.25, 0.3) is 10.0 Å². The number of thiazole rings is 1. The molecule has 0 radical (unpaired) electrons. The molecule has 0 bridgehead atoms. The number of sulfonamides is 1. The second-order valence-electron chi connectivity index (χ2n) is 7.45. The Labute approximate surface area is 190 Å². The third kappa shape index (κ3) is 3.77. The second-order valence-corrected chi connectivity index (χ2v) is 10.5. The Morgan fingerprint density at radius 1 is 1.16 bits per heavy atom. The van der Waals surface area contributed by atoms with Crippen molar-refractivity contribution in [2.45, 2.75) is 23.8 Å². The number of nitrogens with zero attached hydrogens (tertiary/aromatic N) is 3. The summed E-state index contributed by atoms with van der Waals surface area (Å²) in [5.74, 6) is 0.0271. The molecule has 1 fully saturated rings. The first-order valence-corrected chi connectivity index (χ1v) is 12.6. The molecule has 3 aromatic rings. The molecule has 3 heterocycles. The molecule has 2 aliphatic heterocycles. The van der Waals surface area contributed by atoms with E-state index in [9.17, 15) is 13.2 Å². The summed E-state index contributed by atoms with van der Waals surface area (Å²) in [5, 5.41) is 2.72. The van der Waals surface area contributed by atoms with Gasteiger partial charge in [-0.05, 0) is 60.9 Å². The minimum absolute atomic E-state index is 0. The van der Waals surface area contributed by atoms with Crippen molar-refractivity contribution in [1.29, 1.82) is 0 Å². The molecule has 1 aromatic heterocycles. The molecule has 7 nitrogen and oxygen atoms in total. The predicted molar refractivity (Wildman–Crippen MR) is 125 cm³/mol. The normalized spacial score (nSPS) is 18.5. The molecule has 1 saturated heterocycles. The van der Waals surface area contributed by atoms with E-state index in [0.717, 1.165) is 18.7 Å². The van der Waals surface area contributed by atoms with Crippen LogP contribution >= 0.6 is 22.9 Å². The van der Waals surface area contributed by atoms with Gasteiger partial charge in [-0.1, -0.05) is 11.6 Å². The zero-order valence-corrected chi connectivity index (χ0v) is 18.8. The lowest BCUT2D eigenvalue weighted by Gasteiger charge is -2.26. The molecule has 1 N–H and O–H groups in total. The minimum atomic E-state index is -3.72. The minimum Gasteiger partial charge on any atom is -0.359 e. The van der Waals surface area contributed by atoms with Crippen LogP contribution in [0.5, 0.6) is 0 Å². The van der Waals surface area contributed by atoms with Crippen LogP contribution in [0.2, 0.25) is 5.02 Å². The van der Waals surface area contributed by atoms with E-state index in [0.29, 0.717) is 28.8 Å². The van der Waals surface area contributed by atoms with Crippen molar-refractivity contribution in [3.8, 4) is 0 Å². The number of amides is 1. The third-order valence-corrected chi connectivity index (χ3v) is 8.05. The van der Waals surface area contributed by atoms with Gasteiger partial charge in [0.05, 0.1) is 4.90 Å². The fourth-order valence-corrected chi connectivity index (χ4v) is 6.17. The van der Waals surface area contributed by atoms with Crippen molar-refractivity contribution in [2.75, 3.05) is 27.6 Å². The molecule has 1 atom stereocenters. The monoisotopic (exact) mass is 476 g/mol. The number of hydrogen-bond acceptors (Lipinski definition) is 6. The van der Waals surface area contributed by atoms with Crippen molar-refractivity contribution in [1.82, 2.24) is 4.98 Å². The Kier molecular flexibility index (Phi) is 5.11. The first kappa shape index (κ1) is 20.3.